The number of ether oxygens (including phenoxy) is 1. The smallest absolute Gasteiger partial charge is 0.122 e. The number of benzene rings is 1. The van der Waals surface area contributed by atoms with Crippen LogP contribution in [0.4, 0.5) is 0 Å². The van der Waals surface area contributed by atoms with Gasteiger partial charge in [-0.3, -0.25) is 11.3 Å². The van der Waals surface area contributed by atoms with Gasteiger partial charge in [0.05, 0.1) is 19.4 Å². The highest BCUT2D eigenvalue weighted by Gasteiger charge is 2.15. The lowest BCUT2D eigenvalue weighted by atomic mass is 10.0. The van der Waals surface area contributed by atoms with Crippen LogP contribution in [-0.4, -0.2) is 7.11 Å². The minimum Gasteiger partial charge on any atom is -0.496 e. The Morgan fingerprint density at radius 1 is 1.39 bits per heavy atom. The third kappa shape index (κ3) is 2.72. The van der Waals surface area contributed by atoms with Crippen LogP contribution in [0, 0.1) is 6.92 Å². The van der Waals surface area contributed by atoms with Gasteiger partial charge in [0.15, 0.2) is 0 Å². The van der Waals surface area contributed by atoms with Crippen molar-refractivity contribution >= 4 is 0 Å². The van der Waals surface area contributed by atoms with Crippen LogP contribution in [-0.2, 0) is 6.42 Å². The van der Waals surface area contributed by atoms with Gasteiger partial charge in [0.2, 0.25) is 0 Å². The van der Waals surface area contributed by atoms with E-state index in [0.29, 0.717) is 0 Å². The van der Waals surface area contributed by atoms with Gasteiger partial charge >= 0.3 is 0 Å². The maximum atomic E-state index is 5.62. The van der Waals surface area contributed by atoms with Crippen LogP contribution in [0.1, 0.15) is 22.9 Å². The summed E-state index contributed by atoms with van der Waals surface area (Å²) in [4.78, 5) is 0. The number of aryl methyl sites for hydroxylation is 1. The lowest BCUT2D eigenvalue weighted by Gasteiger charge is -2.16. The van der Waals surface area contributed by atoms with Crippen molar-refractivity contribution in [2.75, 3.05) is 7.11 Å². The fraction of sp³-hybridized carbons (Fsp3) is 0.286. The predicted octanol–water partition coefficient (Wildman–Crippen LogP) is 2.34. The maximum Gasteiger partial charge on any atom is 0.122 e. The Balaban J connectivity index is 2.20. The molecule has 4 heteroatoms. The Labute approximate surface area is 107 Å². The molecule has 0 fully saturated rings. The summed E-state index contributed by atoms with van der Waals surface area (Å²) in [5, 5.41) is 0. The monoisotopic (exact) mass is 246 g/mol. The van der Waals surface area contributed by atoms with Crippen LogP contribution in [0.25, 0.3) is 0 Å². The molecule has 0 saturated heterocycles. The average molecular weight is 246 g/mol. The van der Waals surface area contributed by atoms with Crippen LogP contribution < -0.4 is 16.0 Å². The van der Waals surface area contributed by atoms with E-state index in [1.54, 1.807) is 13.4 Å². The van der Waals surface area contributed by atoms with Crippen LogP contribution in [0.3, 0.4) is 0 Å². The molecule has 0 radical (unpaired) electrons. The minimum atomic E-state index is 0.0127. The zero-order chi connectivity index (χ0) is 13.0. The number of nitrogens with one attached hydrogen (secondary N) is 1. The minimum absolute atomic E-state index is 0.0127. The molecule has 0 saturated carbocycles. The van der Waals surface area contributed by atoms with E-state index in [2.05, 4.69) is 5.43 Å². The molecule has 4 nitrogen and oxygen atoms in total. The van der Waals surface area contributed by atoms with Gasteiger partial charge in [-0.05, 0) is 31.0 Å². The van der Waals surface area contributed by atoms with Gasteiger partial charge in [0.1, 0.15) is 11.5 Å². The SMILES string of the molecule is COc1ccccc1CC(NN)c1coc(C)c1. The van der Waals surface area contributed by atoms with E-state index in [0.717, 1.165) is 29.1 Å². The lowest BCUT2D eigenvalue weighted by molar-refractivity contribution is 0.405. The highest BCUT2D eigenvalue weighted by molar-refractivity contribution is 5.35. The zero-order valence-corrected chi connectivity index (χ0v) is 10.6. The van der Waals surface area contributed by atoms with Crippen LogP contribution >= 0.6 is 0 Å². The summed E-state index contributed by atoms with van der Waals surface area (Å²) in [5.74, 6) is 7.37. The van der Waals surface area contributed by atoms with Crippen LogP contribution in [0.5, 0.6) is 5.75 Å². The zero-order valence-electron chi connectivity index (χ0n) is 10.6. The molecule has 1 unspecified atom stereocenters. The largest absolute Gasteiger partial charge is 0.496 e. The molecule has 1 atom stereocenters. The van der Waals surface area contributed by atoms with E-state index in [9.17, 15) is 0 Å². The van der Waals surface area contributed by atoms with Gasteiger partial charge in [-0.1, -0.05) is 18.2 Å². The molecular weight excluding hydrogens is 228 g/mol. The van der Waals surface area contributed by atoms with Gasteiger partial charge in [-0.25, -0.2) is 0 Å². The predicted molar refractivity (Wildman–Crippen MR) is 70.2 cm³/mol. The average Bonchev–Trinajstić information content (AvgIpc) is 2.83. The standard InChI is InChI=1S/C14H18N2O2/c1-10-7-12(9-18-10)13(16-15)8-11-5-3-4-6-14(11)17-2/h3-7,9,13,16H,8,15H2,1-2H3. The molecule has 0 spiro atoms. The molecule has 1 heterocycles. The Hall–Kier alpha value is -1.78. The van der Waals surface area contributed by atoms with E-state index in [4.69, 9.17) is 15.0 Å². The molecule has 0 amide bonds. The van der Waals surface area contributed by atoms with Gasteiger partial charge in [0, 0.05) is 5.56 Å². The van der Waals surface area contributed by atoms with E-state index >= 15 is 0 Å². The summed E-state index contributed by atoms with van der Waals surface area (Å²) in [6.07, 6.45) is 2.48. The van der Waals surface area contributed by atoms with E-state index in [-0.39, 0.29) is 6.04 Å². The molecule has 0 aliphatic heterocycles. The van der Waals surface area contributed by atoms with Crippen molar-refractivity contribution in [1.29, 1.82) is 0 Å². The van der Waals surface area contributed by atoms with Crippen LogP contribution in [0.2, 0.25) is 0 Å². The molecule has 18 heavy (non-hydrogen) atoms. The first-order chi connectivity index (χ1) is 8.74. The fourth-order valence-electron chi connectivity index (χ4n) is 2.01. The van der Waals surface area contributed by atoms with Crippen molar-refractivity contribution in [3.63, 3.8) is 0 Å². The summed E-state index contributed by atoms with van der Waals surface area (Å²) in [5.41, 5.74) is 4.97. The van der Waals surface area contributed by atoms with Gasteiger partial charge in [0.25, 0.3) is 0 Å². The highest BCUT2D eigenvalue weighted by atomic mass is 16.5. The third-order valence-corrected chi connectivity index (χ3v) is 2.97. The number of rotatable bonds is 5. The Kier molecular flexibility index (Phi) is 4.02. The van der Waals surface area contributed by atoms with Gasteiger partial charge in [-0.15, -0.1) is 0 Å². The number of hydrazine groups is 1. The van der Waals surface area contributed by atoms with Gasteiger partial charge in [-0.2, -0.15) is 0 Å². The summed E-state index contributed by atoms with van der Waals surface area (Å²) in [6.45, 7) is 1.92. The normalized spacial score (nSPS) is 12.4. The van der Waals surface area contributed by atoms with E-state index in [1.165, 1.54) is 0 Å². The second-order valence-electron chi connectivity index (χ2n) is 4.23. The van der Waals surface area contributed by atoms with Crippen LogP contribution in [0.15, 0.2) is 41.0 Å². The number of hydrogen-bond acceptors (Lipinski definition) is 4. The third-order valence-electron chi connectivity index (χ3n) is 2.97. The second-order valence-corrected chi connectivity index (χ2v) is 4.23. The van der Waals surface area contributed by atoms with Crippen molar-refractivity contribution in [3.8, 4) is 5.75 Å². The molecule has 0 aliphatic carbocycles. The summed E-state index contributed by atoms with van der Waals surface area (Å²) in [6, 6.07) is 9.93. The summed E-state index contributed by atoms with van der Waals surface area (Å²) in [7, 11) is 1.67. The fourth-order valence-corrected chi connectivity index (χ4v) is 2.01. The number of nitrogens with two attached hydrogens (primary N) is 1. The Morgan fingerprint density at radius 2 is 2.17 bits per heavy atom. The molecule has 1 aromatic carbocycles. The molecule has 96 valence electrons. The molecular formula is C14H18N2O2. The topological polar surface area (TPSA) is 60.4 Å². The Bertz CT molecular complexity index is 508. The van der Waals surface area contributed by atoms with Crippen molar-refractivity contribution in [3.05, 3.63) is 53.5 Å². The molecule has 2 rings (SSSR count). The van der Waals surface area contributed by atoms with Crippen molar-refractivity contribution in [2.45, 2.75) is 19.4 Å². The number of para-hydroxylation sites is 1. The first-order valence-corrected chi connectivity index (χ1v) is 5.87. The molecule has 3 N–H and O–H groups in total. The maximum absolute atomic E-state index is 5.62. The molecule has 0 aliphatic rings. The second kappa shape index (κ2) is 5.71. The number of furan rings is 1. The lowest BCUT2D eigenvalue weighted by Crippen LogP contribution is -2.29. The Morgan fingerprint density at radius 3 is 2.78 bits per heavy atom. The van der Waals surface area contributed by atoms with Crippen molar-refractivity contribution < 1.29 is 9.15 Å². The van der Waals surface area contributed by atoms with Crippen molar-refractivity contribution in [2.24, 2.45) is 5.84 Å². The summed E-state index contributed by atoms with van der Waals surface area (Å²) >= 11 is 0. The molecule has 2 aromatic rings. The quantitative estimate of drug-likeness (QED) is 0.628. The van der Waals surface area contributed by atoms with Crippen molar-refractivity contribution in [1.82, 2.24) is 5.43 Å². The van der Waals surface area contributed by atoms with Gasteiger partial charge < -0.3 is 9.15 Å². The molecule has 1 aromatic heterocycles. The van der Waals surface area contributed by atoms with E-state index < -0.39 is 0 Å². The number of methoxy groups -OCH3 is 1. The number of hydrogen-bond donors (Lipinski definition) is 2. The van der Waals surface area contributed by atoms with E-state index in [1.807, 2.05) is 37.3 Å². The first kappa shape index (κ1) is 12.7. The highest BCUT2D eigenvalue weighted by Crippen LogP contribution is 2.25. The molecule has 0 bridgehead atoms. The summed E-state index contributed by atoms with van der Waals surface area (Å²) < 4.78 is 10.7. The first-order valence-electron chi connectivity index (χ1n) is 5.87.